The van der Waals surface area contributed by atoms with Crippen molar-refractivity contribution >= 4 is 46.9 Å². The molecule has 334 valence electrons. The normalized spacial score (nSPS) is 21.6. The van der Waals surface area contributed by atoms with Crippen LogP contribution < -0.4 is 25.2 Å². The average molecular weight is 885 g/mol. The third-order valence-corrected chi connectivity index (χ3v) is 12.4. The summed E-state index contributed by atoms with van der Waals surface area (Å²) >= 11 is 1.38. The van der Waals surface area contributed by atoms with E-state index >= 15 is 0 Å². The number of benzene rings is 2. The molecule has 7 rings (SSSR count). The lowest BCUT2D eigenvalue weighted by Crippen LogP contribution is -2.53. The Morgan fingerprint density at radius 3 is 2.38 bits per heavy atom. The van der Waals surface area contributed by atoms with E-state index < -0.39 is 47.4 Å². The SMILES string of the molecule is CC1(O)CCN(c2nc(Nc3ccc(SNC4CCCCC4)cc3F)ncc2C(F)(F)F)CC1.CN1CCN(c2ccc(C3CCC(=O)NC3=O)c(F)c2)CC1COC(F)F. The van der Waals surface area contributed by atoms with Crippen LogP contribution >= 0.6 is 11.9 Å². The van der Waals surface area contributed by atoms with Crippen molar-refractivity contribution in [2.45, 2.75) is 106 Å². The van der Waals surface area contributed by atoms with Crippen molar-refractivity contribution in [2.75, 3.05) is 61.5 Å². The number of piperidine rings is 2. The highest BCUT2D eigenvalue weighted by Crippen LogP contribution is 2.38. The molecule has 0 spiro atoms. The Balaban J connectivity index is 0.000000210. The van der Waals surface area contributed by atoms with E-state index in [9.17, 15) is 45.4 Å². The second kappa shape index (κ2) is 20.3. The van der Waals surface area contributed by atoms with Gasteiger partial charge in [0, 0.05) is 67.5 Å². The van der Waals surface area contributed by atoms with Gasteiger partial charge < -0.3 is 25.0 Å². The molecule has 4 heterocycles. The molecule has 4 N–H and O–H groups in total. The second-order valence-corrected chi connectivity index (χ2v) is 17.0. The number of nitrogens with one attached hydrogen (secondary N) is 3. The molecule has 2 aromatic carbocycles. The number of hydrogen-bond acceptors (Lipinski definition) is 12. The van der Waals surface area contributed by atoms with Gasteiger partial charge in [0.15, 0.2) is 0 Å². The van der Waals surface area contributed by atoms with E-state index in [1.807, 2.05) is 16.8 Å². The Morgan fingerprint density at radius 1 is 0.984 bits per heavy atom. The Bertz CT molecular complexity index is 1980. The summed E-state index contributed by atoms with van der Waals surface area (Å²) in [4.78, 5) is 37.1. The van der Waals surface area contributed by atoms with Crippen molar-refractivity contribution in [1.82, 2.24) is 24.9 Å². The number of aliphatic hydroxyl groups is 1. The fourth-order valence-corrected chi connectivity index (χ4v) is 8.59. The van der Waals surface area contributed by atoms with Crippen LogP contribution in [0.3, 0.4) is 0 Å². The minimum absolute atomic E-state index is 0.0781. The van der Waals surface area contributed by atoms with Crippen LogP contribution in [0.4, 0.5) is 53.9 Å². The molecule has 20 heteroatoms. The topological polar surface area (TPSA) is 135 Å². The monoisotopic (exact) mass is 884 g/mol. The molecule has 2 atom stereocenters. The molecule has 12 nitrogen and oxygen atoms in total. The van der Waals surface area contributed by atoms with Crippen molar-refractivity contribution in [1.29, 1.82) is 0 Å². The smallest absolute Gasteiger partial charge is 0.390 e. The van der Waals surface area contributed by atoms with Gasteiger partial charge in [0.05, 0.1) is 29.9 Å². The number of anilines is 4. The summed E-state index contributed by atoms with van der Waals surface area (Å²) in [6, 6.07) is 9.47. The molecular weight excluding hydrogens is 834 g/mol. The minimum Gasteiger partial charge on any atom is -0.390 e. The van der Waals surface area contributed by atoms with Gasteiger partial charge in [0.1, 0.15) is 23.0 Å². The molecule has 4 fully saturated rings. The van der Waals surface area contributed by atoms with Gasteiger partial charge in [0.2, 0.25) is 17.8 Å². The molecule has 1 aromatic heterocycles. The van der Waals surface area contributed by atoms with Gasteiger partial charge in [-0.15, -0.1) is 0 Å². The first-order chi connectivity index (χ1) is 29.0. The number of halogens is 7. The molecular formula is C41H51F7N8O4S. The maximum Gasteiger partial charge on any atom is 0.421 e. The molecule has 3 aromatic rings. The zero-order valence-corrected chi connectivity index (χ0v) is 34.7. The first kappa shape index (κ1) is 46.3. The summed E-state index contributed by atoms with van der Waals surface area (Å²) in [7, 11) is 1.84. The average Bonchev–Trinajstić information content (AvgIpc) is 3.21. The van der Waals surface area contributed by atoms with E-state index in [4.69, 9.17) is 0 Å². The van der Waals surface area contributed by atoms with Crippen LogP contribution in [-0.4, -0.2) is 102 Å². The first-order valence-corrected chi connectivity index (χ1v) is 21.2. The lowest BCUT2D eigenvalue weighted by atomic mass is 9.90. The van der Waals surface area contributed by atoms with E-state index in [0.29, 0.717) is 55.3 Å². The molecule has 3 aliphatic heterocycles. The molecule has 3 saturated heterocycles. The second-order valence-electron chi connectivity index (χ2n) is 16.1. The lowest BCUT2D eigenvalue weighted by molar-refractivity contribution is -0.140. The number of carbonyl (C=O) groups excluding carboxylic acids is 2. The number of imide groups is 1. The quantitative estimate of drug-likeness (QED) is 0.0871. The summed E-state index contributed by atoms with van der Waals surface area (Å²) in [5, 5.41) is 15.1. The lowest BCUT2D eigenvalue weighted by Gasteiger charge is -2.40. The number of carbonyl (C=O) groups is 2. The third-order valence-electron chi connectivity index (χ3n) is 11.5. The van der Waals surface area contributed by atoms with Crippen molar-refractivity contribution in [3.8, 4) is 0 Å². The molecule has 2 unspecified atom stereocenters. The maximum absolute atomic E-state index is 14.7. The number of piperazine rings is 1. The molecule has 0 bridgehead atoms. The van der Waals surface area contributed by atoms with Crippen molar-refractivity contribution < 1.29 is 50.2 Å². The zero-order chi connectivity index (χ0) is 43.9. The van der Waals surface area contributed by atoms with E-state index in [1.165, 1.54) is 54.3 Å². The Kier molecular flexibility index (Phi) is 15.4. The van der Waals surface area contributed by atoms with Gasteiger partial charge in [-0.3, -0.25) is 24.5 Å². The third kappa shape index (κ3) is 12.7. The highest BCUT2D eigenvalue weighted by atomic mass is 32.2. The standard InChI is InChI=1S/C23H29F4N5OS.C18H22F3N3O3/c1-22(33)9-11-32(12-10-22)20-17(23(25,26)27)14-28-21(30-20)29-19-8-7-16(13-18(19)24)34-31-15-5-3-2-4-6-15;1-23-6-7-24(9-12(23)10-27-18(20)21)11-2-3-13(15(19)8-11)14-4-5-16(25)22-17(14)26/h7-8,13-15,31,33H,2-6,9-12H2,1H3,(H,28,29,30);2-3,8,12,14,18H,4-7,9-10H2,1H3,(H,22,25,26). The van der Waals surface area contributed by atoms with Crippen LogP contribution in [0.5, 0.6) is 0 Å². The highest BCUT2D eigenvalue weighted by Gasteiger charge is 2.39. The molecule has 1 aliphatic carbocycles. The van der Waals surface area contributed by atoms with Gasteiger partial charge >= 0.3 is 12.8 Å². The number of alkyl halides is 5. The minimum atomic E-state index is -4.64. The van der Waals surface area contributed by atoms with Gasteiger partial charge in [-0.05, 0) is 88.4 Å². The van der Waals surface area contributed by atoms with E-state index in [-0.39, 0.29) is 67.5 Å². The molecule has 1 saturated carbocycles. The predicted molar refractivity (Wildman–Crippen MR) is 217 cm³/mol. The Labute approximate surface area is 354 Å². The number of likely N-dealkylation sites (N-methyl/N-ethyl adjacent to an activating group) is 1. The van der Waals surface area contributed by atoms with E-state index in [0.717, 1.165) is 12.8 Å². The van der Waals surface area contributed by atoms with Crippen LogP contribution in [0.15, 0.2) is 47.5 Å². The fourth-order valence-electron chi connectivity index (χ4n) is 7.76. The number of aromatic nitrogens is 2. The number of rotatable bonds is 11. The summed E-state index contributed by atoms with van der Waals surface area (Å²) in [5.41, 5.74) is -0.915. The maximum atomic E-state index is 14.7. The number of nitrogens with zero attached hydrogens (tertiary/aromatic N) is 5. The van der Waals surface area contributed by atoms with Gasteiger partial charge in [-0.25, -0.2) is 13.8 Å². The van der Waals surface area contributed by atoms with Crippen LogP contribution in [-0.2, 0) is 20.5 Å². The molecule has 2 amide bonds. The summed E-state index contributed by atoms with van der Waals surface area (Å²) < 4.78 is 103. The van der Waals surface area contributed by atoms with Gasteiger partial charge in [-0.1, -0.05) is 25.3 Å². The molecule has 4 aliphatic rings. The molecule has 0 radical (unpaired) electrons. The van der Waals surface area contributed by atoms with Gasteiger partial charge in [0.25, 0.3) is 0 Å². The zero-order valence-electron chi connectivity index (χ0n) is 33.9. The Hall–Kier alpha value is -4.24. The summed E-state index contributed by atoms with van der Waals surface area (Å²) in [6.07, 6.45) is 3.04. The van der Waals surface area contributed by atoms with E-state index in [1.54, 1.807) is 25.1 Å². The number of amides is 2. The van der Waals surface area contributed by atoms with Crippen molar-refractivity contribution in [3.63, 3.8) is 0 Å². The van der Waals surface area contributed by atoms with Crippen LogP contribution in [0.2, 0.25) is 0 Å². The van der Waals surface area contributed by atoms with E-state index in [2.05, 4.69) is 30.1 Å². The largest absolute Gasteiger partial charge is 0.421 e. The number of hydrogen-bond donors (Lipinski definition) is 4. The van der Waals surface area contributed by atoms with Gasteiger partial charge in [-0.2, -0.15) is 26.9 Å². The molecule has 61 heavy (non-hydrogen) atoms. The Morgan fingerprint density at radius 2 is 1.72 bits per heavy atom. The first-order valence-electron chi connectivity index (χ1n) is 20.3. The summed E-state index contributed by atoms with van der Waals surface area (Å²) in [6.45, 7) is 0.868. The highest BCUT2D eigenvalue weighted by molar-refractivity contribution is 7.97. The van der Waals surface area contributed by atoms with Crippen molar-refractivity contribution in [3.05, 3.63) is 65.4 Å². The fraction of sp³-hybridized carbons (Fsp3) is 0.561. The number of ether oxygens (including phenoxy) is 1. The van der Waals surface area contributed by atoms with Crippen LogP contribution in [0.25, 0.3) is 0 Å². The van der Waals surface area contributed by atoms with Crippen LogP contribution in [0, 0.1) is 11.6 Å². The predicted octanol–water partition coefficient (Wildman–Crippen LogP) is 7.36. The van der Waals surface area contributed by atoms with Crippen molar-refractivity contribution in [2.24, 2.45) is 0 Å². The van der Waals surface area contributed by atoms with Crippen LogP contribution in [0.1, 0.15) is 81.8 Å². The summed E-state index contributed by atoms with van der Waals surface area (Å²) in [5.74, 6) is -2.97.